The highest BCUT2D eigenvalue weighted by Crippen LogP contribution is 2.42. The Morgan fingerprint density at radius 2 is 1.34 bits per heavy atom. The second-order valence-electron chi connectivity index (χ2n) is 10.4. The third kappa shape index (κ3) is 29.8. The molecule has 0 aliphatic rings. The number of phosphoric ester groups is 1. The molecule has 0 heterocycles. The fraction of sp³-hybridized carbons (Fsp3) is 0.806. The summed E-state index contributed by atoms with van der Waals surface area (Å²) < 4.78 is 26.5. The highest BCUT2D eigenvalue weighted by atomic mass is 31.2. The lowest BCUT2D eigenvalue weighted by Gasteiger charge is -2.15. The first-order valence-corrected chi connectivity index (χ1v) is 17.3. The van der Waals surface area contributed by atoms with Crippen molar-refractivity contribution in [1.82, 2.24) is 5.32 Å². The van der Waals surface area contributed by atoms with Gasteiger partial charge in [0.05, 0.1) is 13.2 Å². The Morgan fingerprint density at radius 1 is 0.756 bits per heavy atom. The fourth-order valence-corrected chi connectivity index (χ4v) is 4.68. The molecule has 0 aliphatic carbocycles. The van der Waals surface area contributed by atoms with Crippen molar-refractivity contribution < 1.29 is 37.9 Å². The van der Waals surface area contributed by atoms with Gasteiger partial charge < -0.3 is 20.1 Å². The largest absolute Gasteiger partial charge is 0.472 e. The summed E-state index contributed by atoms with van der Waals surface area (Å²) in [6.07, 6.45) is 25.6. The zero-order valence-electron chi connectivity index (χ0n) is 25.7. The van der Waals surface area contributed by atoms with Crippen molar-refractivity contribution in [3.8, 4) is 0 Å². The molecule has 0 aromatic rings. The van der Waals surface area contributed by atoms with Gasteiger partial charge in [-0.3, -0.25) is 18.6 Å². The molecule has 0 aromatic heterocycles. The van der Waals surface area contributed by atoms with Crippen LogP contribution in [0.5, 0.6) is 0 Å². The van der Waals surface area contributed by atoms with E-state index in [9.17, 15) is 24.2 Å². The molecule has 0 aromatic carbocycles. The van der Waals surface area contributed by atoms with Crippen molar-refractivity contribution in [3.63, 3.8) is 0 Å². The maximum absolute atomic E-state index is 11.9. The number of aliphatic hydroxyl groups is 1. The number of carbonyl (C=O) groups excluding carboxylic acids is 2. The van der Waals surface area contributed by atoms with E-state index in [1.54, 1.807) is 0 Å². The quantitative estimate of drug-likeness (QED) is 0.0351. The van der Waals surface area contributed by atoms with Gasteiger partial charge >= 0.3 is 13.8 Å². The Morgan fingerprint density at radius 3 is 2.02 bits per heavy atom. The van der Waals surface area contributed by atoms with E-state index in [1.807, 2.05) is 0 Å². The first-order chi connectivity index (χ1) is 19.8. The smallest absolute Gasteiger partial charge is 0.463 e. The number of hydrogen-bond acceptors (Lipinski definition) is 7. The third-order valence-corrected chi connectivity index (χ3v) is 7.37. The monoisotopic (exact) mass is 603 g/mol. The number of carbonyl (C=O) groups is 2. The van der Waals surface area contributed by atoms with Gasteiger partial charge in [0.2, 0.25) is 5.91 Å². The van der Waals surface area contributed by atoms with Gasteiger partial charge in [0.25, 0.3) is 0 Å². The second-order valence-corrected chi connectivity index (χ2v) is 11.9. The molecule has 0 fully saturated rings. The van der Waals surface area contributed by atoms with E-state index in [0.29, 0.717) is 6.42 Å². The minimum atomic E-state index is -4.39. The molecule has 0 radical (unpaired) electrons. The van der Waals surface area contributed by atoms with Gasteiger partial charge in [-0.1, -0.05) is 102 Å². The third-order valence-electron chi connectivity index (χ3n) is 6.38. The SMILES string of the molecule is CCCC/C=C\C/C=C\CCCCCCCC(=O)OCC(O)COP(=O)(O)OCCNC(=O)CCCCCCCC. The van der Waals surface area contributed by atoms with Crippen LogP contribution in [0.15, 0.2) is 24.3 Å². The van der Waals surface area contributed by atoms with E-state index in [4.69, 9.17) is 13.8 Å². The molecule has 1 amide bonds. The summed E-state index contributed by atoms with van der Waals surface area (Å²) in [5, 5.41) is 12.5. The Bertz CT molecular complexity index is 744. The van der Waals surface area contributed by atoms with Gasteiger partial charge in [-0.25, -0.2) is 4.57 Å². The number of allylic oxidation sites excluding steroid dienone is 4. The maximum Gasteiger partial charge on any atom is 0.472 e. The van der Waals surface area contributed by atoms with Crippen molar-refractivity contribution in [2.45, 2.75) is 136 Å². The number of aliphatic hydroxyl groups excluding tert-OH is 1. The minimum absolute atomic E-state index is 0.0802. The maximum atomic E-state index is 11.9. The topological polar surface area (TPSA) is 131 Å². The molecule has 41 heavy (non-hydrogen) atoms. The zero-order valence-corrected chi connectivity index (χ0v) is 26.6. The molecule has 2 unspecified atom stereocenters. The van der Waals surface area contributed by atoms with E-state index in [-0.39, 0.29) is 32.1 Å². The molecule has 2 atom stereocenters. The molecule has 0 bridgehead atoms. The van der Waals surface area contributed by atoms with E-state index >= 15 is 0 Å². The molecular formula is C31H58NO8P. The Balaban J connectivity index is 3.69. The highest BCUT2D eigenvalue weighted by molar-refractivity contribution is 7.47. The number of unbranched alkanes of at least 4 members (excludes halogenated alkanes) is 12. The van der Waals surface area contributed by atoms with Crippen LogP contribution in [0, 0.1) is 0 Å². The number of ether oxygens (including phenoxy) is 1. The summed E-state index contributed by atoms with van der Waals surface area (Å²) in [5.41, 5.74) is 0. The van der Waals surface area contributed by atoms with Crippen LogP contribution in [0.25, 0.3) is 0 Å². The van der Waals surface area contributed by atoms with Crippen molar-refractivity contribution in [2.24, 2.45) is 0 Å². The van der Waals surface area contributed by atoms with Crippen LogP contribution in [-0.4, -0.2) is 54.3 Å². The van der Waals surface area contributed by atoms with Gasteiger partial charge in [-0.05, 0) is 38.5 Å². The minimum Gasteiger partial charge on any atom is -0.463 e. The van der Waals surface area contributed by atoms with Crippen LogP contribution in [0.2, 0.25) is 0 Å². The highest BCUT2D eigenvalue weighted by Gasteiger charge is 2.23. The van der Waals surface area contributed by atoms with Crippen molar-refractivity contribution >= 4 is 19.7 Å². The normalized spacial score (nSPS) is 14.0. The molecule has 240 valence electrons. The van der Waals surface area contributed by atoms with Crippen LogP contribution in [0.3, 0.4) is 0 Å². The van der Waals surface area contributed by atoms with E-state index in [1.165, 1.54) is 38.5 Å². The van der Waals surface area contributed by atoms with Gasteiger partial charge in [0.1, 0.15) is 12.7 Å². The molecule has 0 saturated heterocycles. The molecular weight excluding hydrogens is 545 g/mol. The predicted molar refractivity (Wildman–Crippen MR) is 164 cm³/mol. The van der Waals surface area contributed by atoms with Gasteiger partial charge in [-0.2, -0.15) is 0 Å². The summed E-state index contributed by atoms with van der Waals surface area (Å²) in [5.74, 6) is -0.543. The fourth-order valence-electron chi connectivity index (χ4n) is 3.92. The van der Waals surface area contributed by atoms with Crippen molar-refractivity contribution in [2.75, 3.05) is 26.4 Å². The summed E-state index contributed by atoms with van der Waals surface area (Å²) >= 11 is 0. The number of hydrogen-bond donors (Lipinski definition) is 3. The Kier molecular flexibility index (Phi) is 27.5. The lowest BCUT2D eigenvalue weighted by molar-refractivity contribution is -0.147. The first-order valence-electron chi connectivity index (χ1n) is 15.8. The lowest BCUT2D eigenvalue weighted by atomic mass is 10.1. The number of phosphoric acid groups is 1. The molecule has 10 heteroatoms. The number of rotatable bonds is 29. The van der Waals surface area contributed by atoms with Gasteiger partial charge in [0, 0.05) is 19.4 Å². The number of amides is 1. The predicted octanol–water partition coefficient (Wildman–Crippen LogP) is 7.31. The van der Waals surface area contributed by atoms with Crippen molar-refractivity contribution in [1.29, 1.82) is 0 Å². The van der Waals surface area contributed by atoms with E-state index in [2.05, 4.69) is 43.5 Å². The molecule has 0 aliphatic heterocycles. The van der Waals surface area contributed by atoms with E-state index in [0.717, 1.165) is 64.2 Å². The van der Waals surface area contributed by atoms with Crippen LogP contribution >= 0.6 is 7.82 Å². The Hall–Kier alpha value is -1.51. The molecule has 0 saturated carbocycles. The second kappa shape index (κ2) is 28.6. The average molecular weight is 604 g/mol. The molecule has 9 nitrogen and oxygen atoms in total. The summed E-state index contributed by atoms with van der Waals surface area (Å²) in [6, 6.07) is 0. The lowest BCUT2D eigenvalue weighted by Crippen LogP contribution is -2.27. The van der Waals surface area contributed by atoms with Crippen LogP contribution < -0.4 is 5.32 Å². The number of nitrogens with one attached hydrogen (secondary N) is 1. The van der Waals surface area contributed by atoms with Gasteiger partial charge in [0.15, 0.2) is 0 Å². The summed E-state index contributed by atoms with van der Waals surface area (Å²) in [7, 11) is -4.39. The Labute approximate surface area is 249 Å². The zero-order chi connectivity index (χ0) is 30.4. The van der Waals surface area contributed by atoms with Crippen LogP contribution in [-0.2, 0) is 27.9 Å². The molecule has 0 rings (SSSR count). The van der Waals surface area contributed by atoms with Gasteiger partial charge in [-0.15, -0.1) is 0 Å². The van der Waals surface area contributed by atoms with Crippen LogP contribution in [0.1, 0.15) is 129 Å². The standard InChI is InChI=1S/C31H58NO8P/c1-3-5-7-9-11-12-13-14-15-16-17-18-20-22-24-31(35)38-27-29(33)28-40-41(36,37)39-26-25-32-30(34)23-21-19-10-8-6-4-2/h9,11,13-14,29,33H,3-8,10,12,15-28H2,1-2H3,(H,32,34)(H,36,37)/b11-9-,14-13-. The summed E-state index contributed by atoms with van der Waals surface area (Å²) in [6.45, 7) is 3.39. The molecule has 3 N–H and O–H groups in total. The number of esters is 1. The van der Waals surface area contributed by atoms with E-state index < -0.39 is 26.5 Å². The van der Waals surface area contributed by atoms with Crippen LogP contribution in [0.4, 0.5) is 0 Å². The summed E-state index contributed by atoms with van der Waals surface area (Å²) in [4.78, 5) is 33.4. The molecule has 0 spiro atoms. The first kappa shape index (κ1) is 39.5. The average Bonchev–Trinajstić information content (AvgIpc) is 2.95. The van der Waals surface area contributed by atoms with Crippen molar-refractivity contribution in [3.05, 3.63) is 24.3 Å².